The van der Waals surface area contributed by atoms with E-state index in [1.54, 1.807) is 65.2 Å². The Bertz CT molecular complexity index is 1240. The molecule has 0 aliphatic carbocycles. The van der Waals surface area contributed by atoms with Crippen molar-refractivity contribution >= 4 is 52.5 Å². The number of thioether (sulfide) groups is 1. The molecule has 0 radical (unpaired) electrons. The molecule has 10 heteroatoms. The van der Waals surface area contributed by atoms with E-state index in [1.165, 1.54) is 0 Å². The number of benzene rings is 2. The number of aliphatic hydroxyl groups is 1. The number of carbonyl (C=O) groups is 3. The lowest BCUT2D eigenvalue weighted by Gasteiger charge is -2.40. The zero-order valence-electron chi connectivity index (χ0n) is 22.2. The largest absolute Gasteiger partial charge is 0.494 e. The van der Waals surface area contributed by atoms with E-state index in [1.807, 2.05) is 13.8 Å². The van der Waals surface area contributed by atoms with Crippen molar-refractivity contribution in [2.45, 2.75) is 55.7 Å². The van der Waals surface area contributed by atoms with E-state index in [-0.39, 0.29) is 35.5 Å². The lowest BCUT2D eigenvalue weighted by Crippen LogP contribution is -2.56. The van der Waals surface area contributed by atoms with Crippen LogP contribution in [0.15, 0.2) is 48.5 Å². The molecule has 3 N–H and O–H groups in total. The summed E-state index contributed by atoms with van der Waals surface area (Å²) in [6.07, 6.45) is 1.21. The average molecular weight is 572 g/mol. The minimum absolute atomic E-state index is 0.0261. The minimum atomic E-state index is -0.823. The second-order valence-corrected chi connectivity index (χ2v) is 12.5. The molecule has 0 saturated carbocycles. The molecule has 3 heterocycles. The molecule has 0 aromatic heterocycles. The van der Waals surface area contributed by atoms with Crippen LogP contribution in [0.2, 0.25) is 5.02 Å². The van der Waals surface area contributed by atoms with Crippen LogP contribution < -0.4 is 15.4 Å². The standard InChI is InChI=1S/C29H34ClN3O5S/c1-4-20(15-34)33-25(27(36)32-18-8-6-17(30)7-9-18)29-16(3)14-22(39-29)23(24(29)28(33)37)26(35)31-19-10-12-21(13-11-19)38-5-2/h6-13,16,20,22-25,34H,4-5,14-15H2,1-3H3,(H,31,35)(H,32,36)/t16?,20-,22+,23-,24-,25?,29?/m0/s1. The Morgan fingerprint density at radius 1 is 1.10 bits per heavy atom. The van der Waals surface area contributed by atoms with Crippen LogP contribution in [0.5, 0.6) is 5.75 Å². The molecule has 3 amide bonds. The summed E-state index contributed by atoms with van der Waals surface area (Å²) in [5.41, 5.74) is 1.20. The van der Waals surface area contributed by atoms with Crippen molar-refractivity contribution in [3.8, 4) is 5.75 Å². The molecule has 2 aromatic carbocycles. The average Bonchev–Trinajstić information content (AvgIpc) is 3.51. The van der Waals surface area contributed by atoms with Gasteiger partial charge in [0.05, 0.1) is 35.8 Å². The Morgan fingerprint density at radius 3 is 2.31 bits per heavy atom. The van der Waals surface area contributed by atoms with Gasteiger partial charge in [-0.3, -0.25) is 14.4 Å². The quantitative estimate of drug-likeness (QED) is 0.411. The van der Waals surface area contributed by atoms with E-state index in [9.17, 15) is 19.5 Å². The van der Waals surface area contributed by atoms with Gasteiger partial charge in [0.25, 0.3) is 0 Å². The molecule has 3 aliphatic rings. The van der Waals surface area contributed by atoms with Crippen molar-refractivity contribution in [1.82, 2.24) is 4.90 Å². The summed E-state index contributed by atoms with van der Waals surface area (Å²) in [6, 6.07) is 12.6. The molecular formula is C29H34ClN3O5S. The Kier molecular flexibility index (Phi) is 7.86. The third kappa shape index (κ3) is 4.68. The zero-order valence-corrected chi connectivity index (χ0v) is 23.8. The van der Waals surface area contributed by atoms with Crippen LogP contribution in [-0.2, 0) is 14.4 Å². The monoisotopic (exact) mass is 571 g/mol. The fourth-order valence-electron chi connectivity index (χ4n) is 6.64. The Balaban J connectivity index is 1.48. The highest BCUT2D eigenvalue weighted by Crippen LogP contribution is 2.69. The number of anilines is 2. The van der Waals surface area contributed by atoms with Crippen molar-refractivity contribution in [1.29, 1.82) is 0 Å². The van der Waals surface area contributed by atoms with Crippen LogP contribution >= 0.6 is 23.4 Å². The lowest BCUT2D eigenvalue weighted by molar-refractivity contribution is -0.141. The summed E-state index contributed by atoms with van der Waals surface area (Å²) < 4.78 is 4.72. The van der Waals surface area contributed by atoms with Gasteiger partial charge in [0.1, 0.15) is 11.8 Å². The van der Waals surface area contributed by atoms with Gasteiger partial charge in [0.15, 0.2) is 0 Å². The lowest BCUT2D eigenvalue weighted by atomic mass is 9.66. The SMILES string of the molecule is CCOc1ccc(NC(=O)[C@@H]2[C@H]3C(=O)N([C@@H](CC)CO)C(C(=O)Nc4ccc(Cl)cc4)C34S[C@@H]2CC4C)cc1. The molecule has 208 valence electrons. The normalized spacial score (nSPS) is 29.7. The van der Waals surface area contributed by atoms with E-state index in [0.717, 1.165) is 6.42 Å². The fourth-order valence-corrected chi connectivity index (χ4v) is 9.17. The number of hydrogen-bond donors (Lipinski definition) is 3. The summed E-state index contributed by atoms with van der Waals surface area (Å²) >= 11 is 7.63. The van der Waals surface area contributed by atoms with Crippen molar-refractivity contribution in [2.75, 3.05) is 23.8 Å². The number of aliphatic hydroxyl groups excluding tert-OH is 1. The predicted molar refractivity (Wildman–Crippen MR) is 153 cm³/mol. The third-order valence-corrected chi connectivity index (χ3v) is 10.7. The van der Waals surface area contributed by atoms with Gasteiger partial charge in [0.2, 0.25) is 17.7 Å². The van der Waals surface area contributed by atoms with Gasteiger partial charge in [-0.05, 0) is 74.2 Å². The Morgan fingerprint density at radius 2 is 1.72 bits per heavy atom. The predicted octanol–water partition coefficient (Wildman–Crippen LogP) is 4.42. The maximum atomic E-state index is 14.2. The van der Waals surface area contributed by atoms with Crippen LogP contribution in [0.25, 0.3) is 0 Å². The number of carbonyl (C=O) groups excluding carboxylic acids is 3. The topological polar surface area (TPSA) is 108 Å². The Labute approximate surface area is 237 Å². The molecule has 3 fully saturated rings. The highest BCUT2D eigenvalue weighted by atomic mass is 35.5. The van der Waals surface area contributed by atoms with E-state index >= 15 is 0 Å². The van der Waals surface area contributed by atoms with E-state index in [2.05, 4.69) is 17.6 Å². The van der Waals surface area contributed by atoms with E-state index < -0.39 is 28.7 Å². The zero-order chi connectivity index (χ0) is 27.9. The number of nitrogens with zero attached hydrogens (tertiary/aromatic N) is 1. The second kappa shape index (κ2) is 11.0. The number of ether oxygens (including phenoxy) is 1. The fraction of sp³-hybridized carbons (Fsp3) is 0.483. The number of halogens is 1. The van der Waals surface area contributed by atoms with Gasteiger partial charge < -0.3 is 25.4 Å². The summed E-state index contributed by atoms with van der Waals surface area (Å²) in [7, 11) is 0. The molecule has 2 aromatic rings. The van der Waals surface area contributed by atoms with Gasteiger partial charge in [-0.25, -0.2) is 0 Å². The summed E-state index contributed by atoms with van der Waals surface area (Å²) in [6.45, 7) is 6.15. The molecule has 3 aliphatic heterocycles. The molecule has 39 heavy (non-hydrogen) atoms. The number of amides is 3. The van der Waals surface area contributed by atoms with Crippen LogP contribution in [0.3, 0.4) is 0 Å². The first-order valence-electron chi connectivity index (χ1n) is 13.5. The van der Waals surface area contributed by atoms with Crippen molar-refractivity contribution in [2.24, 2.45) is 17.8 Å². The highest BCUT2D eigenvalue weighted by Gasteiger charge is 2.76. The van der Waals surface area contributed by atoms with Crippen LogP contribution in [0.4, 0.5) is 11.4 Å². The maximum absolute atomic E-state index is 14.2. The number of likely N-dealkylation sites (tertiary alicyclic amines) is 1. The number of nitrogens with one attached hydrogen (secondary N) is 2. The van der Waals surface area contributed by atoms with Gasteiger partial charge in [-0.2, -0.15) is 0 Å². The molecule has 2 bridgehead atoms. The van der Waals surface area contributed by atoms with E-state index in [0.29, 0.717) is 35.2 Å². The third-order valence-electron chi connectivity index (χ3n) is 8.35. The minimum Gasteiger partial charge on any atom is -0.494 e. The summed E-state index contributed by atoms with van der Waals surface area (Å²) in [5, 5.41) is 16.7. The van der Waals surface area contributed by atoms with Gasteiger partial charge >= 0.3 is 0 Å². The molecule has 7 atom stereocenters. The van der Waals surface area contributed by atoms with Crippen molar-refractivity contribution < 1.29 is 24.2 Å². The van der Waals surface area contributed by atoms with Gasteiger partial charge in [0, 0.05) is 21.6 Å². The molecule has 3 saturated heterocycles. The summed E-state index contributed by atoms with van der Waals surface area (Å²) in [5.74, 6) is -1.28. The van der Waals surface area contributed by atoms with Crippen LogP contribution in [-0.4, -0.2) is 63.0 Å². The van der Waals surface area contributed by atoms with Crippen LogP contribution in [0.1, 0.15) is 33.6 Å². The van der Waals surface area contributed by atoms with Crippen LogP contribution in [0, 0.1) is 17.8 Å². The first kappa shape index (κ1) is 27.8. The second-order valence-electron chi connectivity index (χ2n) is 10.5. The van der Waals surface area contributed by atoms with Crippen molar-refractivity contribution in [3.05, 3.63) is 53.6 Å². The summed E-state index contributed by atoms with van der Waals surface area (Å²) in [4.78, 5) is 43.5. The first-order chi connectivity index (χ1) is 18.7. The molecule has 5 rings (SSSR count). The number of hydrogen-bond acceptors (Lipinski definition) is 6. The smallest absolute Gasteiger partial charge is 0.248 e. The molecule has 3 unspecified atom stereocenters. The maximum Gasteiger partial charge on any atom is 0.248 e. The first-order valence-corrected chi connectivity index (χ1v) is 14.7. The highest BCUT2D eigenvalue weighted by molar-refractivity contribution is 8.02. The Hall–Kier alpha value is -2.75. The van der Waals surface area contributed by atoms with Crippen molar-refractivity contribution in [3.63, 3.8) is 0 Å². The molecule has 1 spiro atoms. The van der Waals surface area contributed by atoms with E-state index in [4.69, 9.17) is 16.3 Å². The number of rotatable bonds is 9. The van der Waals surface area contributed by atoms with Gasteiger partial charge in [-0.1, -0.05) is 25.4 Å². The molecule has 8 nitrogen and oxygen atoms in total. The van der Waals surface area contributed by atoms with Gasteiger partial charge in [-0.15, -0.1) is 11.8 Å². The molecular weight excluding hydrogens is 538 g/mol. The number of fused-ring (bicyclic) bond motifs is 1.